The monoisotopic (exact) mass is 291 g/mol. The van der Waals surface area contributed by atoms with Crippen molar-refractivity contribution >= 4 is 11.9 Å². The summed E-state index contributed by atoms with van der Waals surface area (Å²) in [7, 11) is 1.33. The lowest BCUT2D eigenvalue weighted by molar-refractivity contribution is -0.141. The van der Waals surface area contributed by atoms with Gasteiger partial charge in [-0.15, -0.1) is 0 Å². The first-order valence-electron chi connectivity index (χ1n) is 7.57. The van der Waals surface area contributed by atoms with E-state index >= 15 is 0 Å². The molecule has 21 heavy (non-hydrogen) atoms. The van der Waals surface area contributed by atoms with Crippen molar-refractivity contribution in [2.24, 2.45) is 0 Å². The lowest BCUT2D eigenvalue weighted by Crippen LogP contribution is -2.36. The summed E-state index contributed by atoms with van der Waals surface area (Å²) < 4.78 is 4.64. The summed E-state index contributed by atoms with van der Waals surface area (Å²) in [5.41, 5.74) is 1.86. The van der Waals surface area contributed by atoms with E-state index in [1.807, 2.05) is 31.2 Å². The van der Waals surface area contributed by atoms with Gasteiger partial charge in [-0.2, -0.15) is 0 Å². The highest BCUT2D eigenvalue weighted by molar-refractivity contribution is 5.96. The molecule has 0 bridgehead atoms. The summed E-state index contributed by atoms with van der Waals surface area (Å²) in [4.78, 5) is 25.4. The predicted molar refractivity (Wildman–Crippen MR) is 83.3 cm³/mol. The fourth-order valence-corrected chi connectivity index (χ4v) is 2.12. The van der Waals surface area contributed by atoms with Crippen LogP contribution in [0.2, 0.25) is 0 Å². The van der Waals surface area contributed by atoms with Crippen molar-refractivity contribution in [1.82, 2.24) is 4.90 Å². The highest BCUT2D eigenvalue weighted by atomic mass is 16.5. The molecule has 0 aromatic heterocycles. The van der Waals surface area contributed by atoms with E-state index < -0.39 is 5.97 Å². The molecule has 0 spiro atoms. The van der Waals surface area contributed by atoms with E-state index in [2.05, 4.69) is 11.7 Å². The zero-order valence-corrected chi connectivity index (χ0v) is 13.2. The molecular formula is C17H25NO3. The predicted octanol–water partition coefficient (Wildman–Crippen LogP) is 3.05. The van der Waals surface area contributed by atoms with Gasteiger partial charge in [0.2, 0.25) is 0 Å². The molecule has 0 N–H and O–H groups in total. The van der Waals surface area contributed by atoms with Crippen LogP contribution in [0.4, 0.5) is 0 Å². The van der Waals surface area contributed by atoms with Crippen molar-refractivity contribution in [2.75, 3.05) is 20.2 Å². The van der Waals surface area contributed by atoms with Gasteiger partial charge < -0.3 is 9.64 Å². The average Bonchev–Trinajstić information content (AvgIpc) is 2.52. The number of nitrogens with zero attached hydrogens (tertiary/aromatic N) is 1. The van der Waals surface area contributed by atoms with Gasteiger partial charge in [0, 0.05) is 12.1 Å². The highest BCUT2D eigenvalue weighted by Crippen LogP contribution is 2.11. The third-order valence-electron chi connectivity index (χ3n) is 3.35. The lowest BCUT2D eigenvalue weighted by atomic mass is 10.1. The number of hydrogen-bond acceptors (Lipinski definition) is 3. The Morgan fingerprint density at radius 1 is 1.10 bits per heavy atom. The Hall–Kier alpha value is -1.84. The number of carbonyl (C=O) groups excluding carboxylic acids is 2. The van der Waals surface area contributed by atoms with E-state index in [9.17, 15) is 9.59 Å². The first-order chi connectivity index (χ1) is 10.1. The molecule has 4 heteroatoms. The quantitative estimate of drug-likeness (QED) is 0.692. The van der Waals surface area contributed by atoms with Crippen molar-refractivity contribution in [3.05, 3.63) is 35.4 Å². The summed E-state index contributed by atoms with van der Waals surface area (Å²) in [6, 6.07) is 7.66. The molecule has 4 nitrogen and oxygen atoms in total. The number of methoxy groups -OCH3 is 1. The average molecular weight is 291 g/mol. The van der Waals surface area contributed by atoms with Gasteiger partial charge in [0.1, 0.15) is 6.54 Å². The summed E-state index contributed by atoms with van der Waals surface area (Å²) in [6.07, 6.45) is 4.14. The maximum atomic E-state index is 12.4. The Morgan fingerprint density at radius 3 is 2.29 bits per heavy atom. The van der Waals surface area contributed by atoms with Gasteiger partial charge in [-0.1, -0.05) is 32.4 Å². The van der Waals surface area contributed by atoms with Crippen molar-refractivity contribution in [3.8, 4) is 0 Å². The van der Waals surface area contributed by atoms with Crippen LogP contribution in [-0.2, 0) is 16.0 Å². The fraction of sp³-hybridized carbons (Fsp3) is 0.529. The number of benzene rings is 1. The second kappa shape index (κ2) is 9.16. The number of carbonyl (C=O) groups is 2. The van der Waals surface area contributed by atoms with Crippen molar-refractivity contribution in [3.63, 3.8) is 0 Å². The smallest absolute Gasteiger partial charge is 0.325 e. The van der Waals surface area contributed by atoms with E-state index in [1.165, 1.54) is 17.6 Å². The number of rotatable bonds is 8. The van der Waals surface area contributed by atoms with Gasteiger partial charge in [-0.25, -0.2) is 0 Å². The Kier molecular flexibility index (Phi) is 7.51. The standard InChI is InChI=1S/C17H25NO3/c1-4-6-7-14-8-10-15(11-9-14)17(20)18(12-5-2)13-16(19)21-3/h8-11H,4-7,12-13H2,1-3H3. The van der Waals surface area contributed by atoms with Crippen LogP contribution in [0.5, 0.6) is 0 Å². The number of aryl methyl sites for hydroxylation is 1. The van der Waals surface area contributed by atoms with Gasteiger partial charge >= 0.3 is 5.97 Å². The number of ether oxygens (including phenoxy) is 1. The largest absolute Gasteiger partial charge is 0.468 e. The first kappa shape index (κ1) is 17.2. The molecule has 0 saturated heterocycles. The molecule has 1 aromatic rings. The van der Waals surface area contributed by atoms with Crippen LogP contribution in [0.3, 0.4) is 0 Å². The van der Waals surface area contributed by atoms with Gasteiger partial charge in [-0.3, -0.25) is 9.59 Å². The minimum atomic E-state index is -0.392. The summed E-state index contributed by atoms with van der Waals surface area (Å²) >= 11 is 0. The Bertz CT molecular complexity index is 454. The van der Waals surface area contributed by atoms with Crippen molar-refractivity contribution in [2.45, 2.75) is 39.5 Å². The number of unbranched alkanes of at least 4 members (excludes halogenated alkanes) is 1. The fourth-order valence-electron chi connectivity index (χ4n) is 2.12. The summed E-state index contributed by atoms with van der Waals surface area (Å²) in [5, 5.41) is 0. The molecule has 1 amide bonds. The molecule has 0 aliphatic rings. The van der Waals surface area contributed by atoms with Gasteiger partial charge in [0.25, 0.3) is 5.91 Å². The first-order valence-corrected chi connectivity index (χ1v) is 7.57. The molecule has 0 aliphatic carbocycles. The van der Waals surface area contributed by atoms with E-state index in [0.717, 1.165) is 25.7 Å². The molecule has 0 unspecified atom stereocenters. The maximum absolute atomic E-state index is 12.4. The molecule has 0 fully saturated rings. The van der Waals surface area contributed by atoms with E-state index in [-0.39, 0.29) is 12.5 Å². The molecule has 0 heterocycles. The molecule has 116 valence electrons. The van der Waals surface area contributed by atoms with Gasteiger partial charge in [0.05, 0.1) is 7.11 Å². The molecule has 0 aliphatic heterocycles. The van der Waals surface area contributed by atoms with Crippen molar-refractivity contribution in [1.29, 1.82) is 0 Å². The van der Waals surface area contributed by atoms with Crippen LogP contribution in [0.15, 0.2) is 24.3 Å². The number of amides is 1. The topological polar surface area (TPSA) is 46.6 Å². The minimum absolute atomic E-state index is 0.000753. The third-order valence-corrected chi connectivity index (χ3v) is 3.35. The summed E-state index contributed by atoms with van der Waals surface area (Å²) in [6.45, 7) is 4.69. The zero-order chi connectivity index (χ0) is 15.7. The third kappa shape index (κ3) is 5.58. The Labute approximate surface area is 127 Å². The van der Waals surface area contributed by atoms with Crippen LogP contribution in [0.25, 0.3) is 0 Å². The van der Waals surface area contributed by atoms with Gasteiger partial charge in [-0.05, 0) is 37.0 Å². The molecule has 1 rings (SSSR count). The van der Waals surface area contributed by atoms with Crippen LogP contribution in [0.1, 0.15) is 49.0 Å². The highest BCUT2D eigenvalue weighted by Gasteiger charge is 2.18. The SMILES string of the molecule is CCCCc1ccc(C(=O)N(CCC)CC(=O)OC)cc1. The van der Waals surface area contributed by atoms with Crippen LogP contribution in [-0.4, -0.2) is 37.0 Å². The normalized spacial score (nSPS) is 10.2. The molecule has 1 aromatic carbocycles. The van der Waals surface area contributed by atoms with Crippen molar-refractivity contribution < 1.29 is 14.3 Å². The second-order valence-corrected chi connectivity index (χ2v) is 5.10. The zero-order valence-electron chi connectivity index (χ0n) is 13.2. The Morgan fingerprint density at radius 2 is 1.76 bits per heavy atom. The minimum Gasteiger partial charge on any atom is -0.468 e. The van der Waals surface area contributed by atoms with Crippen LogP contribution >= 0.6 is 0 Å². The number of hydrogen-bond donors (Lipinski definition) is 0. The van der Waals surface area contributed by atoms with Crippen LogP contribution in [0, 0.1) is 0 Å². The molecule has 0 saturated carbocycles. The molecule has 0 atom stereocenters. The second-order valence-electron chi connectivity index (χ2n) is 5.10. The van der Waals surface area contributed by atoms with E-state index in [1.54, 1.807) is 0 Å². The molecule has 0 radical (unpaired) electrons. The number of esters is 1. The lowest BCUT2D eigenvalue weighted by Gasteiger charge is -2.20. The summed E-state index contributed by atoms with van der Waals surface area (Å²) in [5.74, 6) is -0.513. The Balaban J connectivity index is 2.75. The maximum Gasteiger partial charge on any atom is 0.325 e. The van der Waals surface area contributed by atoms with E-state index in [0.29, 0.717) is 12.1 Å². The van der Waals surface area contributed by atoms with Crippen LogP contribution < -0.4 is 0 Å². The van der Waals surface area contributed by atoms with Gasteiger partial charge in [0.15, 0.2) is 0 Å². The van der Waals surface area contributed by atoms with E-state index in [4.69, 9.17) is 0 Å². The molecular weight excluding hydrogens is 266 g/mol.